The normalized spacial score (nSPS) is 21.2. The van der Waals surface area contributed by atoms with Crippen molar-refractivity contribution in [1.82, 2.24) is 9.80 Å². The number of hydrogen-bond acceptors (Lipinski definition) is 3. The zero-order chi connectivity index (χ0) is 13.6. The average Bonchev–Trinajstić information content (AvgIpc) is 2.33. The van der Waals surface area contributed by atoms with Gasteiger partial charge in [0.1, 0.15) is 0 Å². The van der Waals surface area contributed by atoms with Gasteiger partial charge < -0.3 is 10.0 Å². The van der Waals surface area contributed by atoms with Crippen molar-refractivity contribution in [3.63, 3.8) is 0 Å². The van der Waals surface area contributed by atoms with E-state index in [1.54, 1.807) is 0 Å². The minimum atomic E-state index is -0.491. The molecule has 0 aromatic heterocycles. The van der Waals surface area contributed by atoms with Gasteiger partial charge in [-0.05, 0) is 53.0 Å². The molecule has 0 amide bonds. The number of nitrogens with zero attached hydrogens (tertiary/aromatic N) is 2. The number of unbranched alkanes of at least 4 members (excludes halogenated alkanes) is 1. The van der Waals surface area contributed by atoms with E-state index in [0.717, 1.165) is 18.9 Å². The Bertz CT molecular complexity index is 217. The van der Waals surface area contributed by atoms with Crippen LogP contribution in [0.5, 0.6) is 0 Å². The largest absolute Gasteiger partial charge is 0.390 e. The van der Waals surface area contributed by atoms with Crippen LogP contribution >= 0.6 is 0 Å². The monoisotopic (exact) mass is 256 g/mol. The van der Waals surface area contributed by atoms with Crippen molar-refractivity contribution in [3.05, 3.63) is 0 Å². The van der Waals surface area contributed by atoms with E-state index in [1.807, 2.05) is 13.8 Å². The first kappa shape index (κ1) is 15.9. The summed E-state index contributed by atoms with van der Waals surface area (Å²) in [5.41, 5.74) is -0.491. The first-order chi connectivity index (χ1) is 8.42. The molecule has 3 nitrogen and oxygen atoms in total. The molecule has 1 aliphatic rings. The fourth-order valence-corrected chi connectivity index (χ4v) is 2.58. The standard InChI is InChI=1S/C15H32N2O/c1-5-14(2)17-12-10-16(11-13-17)9-7-6-8-15(3,4)18/h14,18H,5-13H2,1-4H3. The van der Waals surface area contributed by atoms with Crippen LogP contribution in [-0.2, 0) is 0 Å². The van der Waals surface area contributed by atoms with Gasteiger partial charge in [0.15, 0.2) is 0 Å². The highest BCUT2D eigenvalue weighted by molar-refractivity contribution is 4.75. The highest BCUT2D eigenvalue weighted by Gasteiger charge is 2.19. The lowest BCUT2D eigenvalue weighted by molar-refractivity contribution is 0.0645. The second-order valence-electron chi connectivity index (χ2n) is 6.40. The molecule has 1 fully saturated rings. The van der Waals surface area contributed by atoms with E-state index in [2.05, 4.69) is 23.6 Å². The van der Waals surface area contributed by atoms with Crippen molar-refractivity contribution in [2.45, 2.75) is 65.0 Å². The van der Waals surface area contributed by atoms with E-state index in [0.29, 0.717) is 0 Å². The van der Waals surface area contributed by atoms with Crippen LogP contribution in [0.2, 0.25) is 0 Å². The average molecular weight is 256 g/mol. The first-order valence-corrected chi connectivity index (χ1v) is 7.61. The number of aliphatic hydroxyl groups is 1. The maximum absolute atomic E-state index is 9.66. The summed E-state index contributed by atoms with van der Waals surface area (Å²) in [6.07, 6.45) is 4.52. The lowest BCUT2D eigenvalue weighted by atomic mass is 10.0. The summed E-state index contributed by atoms with van der Waals surface area (Å²) >= 11 is 0. The molecule has 1 saturated heterocycles. The van der Waals surface area contributed by atoms with E-state index < -0.39 is 5.60 Å². The molecule has 108 valence electrons. The molecule has 1 N–H and O–H groups in total. The Morgan fingerprint density at radius 2 is 1.72 bits per heavy atom. The summed E-state index contributed by atoms with van der Waals surface area (Å²) < 4.78 is 0. The van der Waals surface area contributed by atoms with E-state index in [4.69, 9.17) is 0 Å². The van der Waals surface area contributed by atoms with Crippen molar-refractivity contribution >= 4 is 0 Å². The second-order valence-corrected chi connectivity index (χ2v) is 6.40. The van der Waals surface area contributed by atoms with Gasteiger partial charge in [-0.2, -0.15) is 0 Å². The third-order valence-electron chi connectivity index (χ3n) is 4.13. The van der Waals surface area contributed by atoms with E-state index in [-0.39, 0.29) is 0 Å². The maximum Gasteiger partial charge on any atom is 0.0591 e. The molecule has 3 heteroatoms. The molecule has 0 aromatic carbocycles. The second kappa shape index (κ2) is 7.46. The summed E-state index contributed by atoms with van der Waals surface area (Å²) in [4.78, 5) is 5.18. The molecule has 1 atom stereocenters. The molecule has 1 aliphatic heterocycles. The van der Waals surface area contributed by atoms with Gasteiger partial charge in [0, 0.05) is 32.2 Å². The van der Waals surface area contributed by atoms with Gasteiger partial charge in [0.25, 0.3) is 0 Å². The molecule has 0 aliphatic carbocycles. The zero-order valence-electron chi connectivity index (χ0n) is 12.8. The Balaban J connectivity index is 2.09. The van der Waals surface area contributed by atoms with Gasteiger partial charge in [-0.1, -0.05) is 6.92 Å². The van der Waals surface area contributed by atoms with Crippen LogP contribution in [-0.4, -0.2) is 59.3 Å². The van der Waals surface area contributed by atoms with Crippen LogP contribution in [0.3, 0.4) is 0 Å². The fourth-order valence-electron chi connectivity index (χ4n) is 2.58. The summed E-state index contributed by atoms with van der Waals surface area (Å²) in [6, 6.07) is 0.738. The summed E-state index contributed by atoms with van der Waals surface area (Å²) in [5.74, 6) is 0. The topological polar surface area (TPSA) is 26.7 Å². The predicted octanol–water partition coefficient (Wildman–Crippen LogP) is 2.34. The van der Waals surface area contributed by atoms with Crippen molar-refractivity contribution < 1.29 is 5.11 Å². The number of rotatable bonds is 7. The Morgan fingerprint density at radius 1 is 1.11 bits per heavy atom. The third-order valence-corrected chi connectivity index (χ3v) is 4.13. The molecular weight excluding hydrogens is 224 g/mol. The molecule has 0 aromatic rings. The van der Waals surface area contributed by atoms with E-state index >= 15 is 0 Å². The molecule has 0 spiro atoms. The van der Waals surface area contributed by atoms with Crippen LogP contribution in [0.25, 0.3) is 0 Å². The first-order valence-electron chi connectivity index (χ1n) is 7.61. The van der Waals surface area contributed by atoms with Gasteiger partial charge in [-0.25, -0.2) is 0 Å². The summed E-state index contributed by atoms with van der Waals surface area (Å²) in [5, 5.41) is 9.66. The summed E-state index contributed by atoms with van der Waals surface area (Å²) in [7, 11) is 0. The molecule has 0 radical (unpaired) electrons. The number of piperazine rings is 1. The molecule has 0 saturated carbocycles. The van der Waals surface area contributed by atoms with E-state index in [9.17, 15) is 5.11 Å². The Labute approximate surface area is 113 Å². The fraction of sp³-hybridized carbons (Fsp3) is 1.00. The third kappa shape index (κ3) is 6.17. The Hall–Kier alpha value is -0.120. The molecule has 18 heavy (non-hydrogen) atoms. The van der Waals surface area contributed by atoms with Crippen molar-refractivity contribution in [3.8, 4) is 0 Å². The van der Waals surface area contributed by atoms with Crippen LogP contribution in [0, 0.1) is 0 Å². The molecule has 1 unspecified atom stereocenters. The molecular formula is C15H32N2O. The van der Waals surface area contributed by atoms with Gasteiger partial charge in [0.05, 0.1) is 5.60 Å². The minimum Gasteiger partial charge on any atom is -0.390 e. The van der Waals surface area contributed by atoms with E-state index in [1.165, 1.54) is 45.6 Å². The lowest BCUT2D eigenvalue weighted by Crippen LogP contribution is -2.49. The SMILES string of the molecule is CCC(C)N1CCN(CCCCC(C)(C)O)CC1. The lowest BCUT2D eigenvalue weighted by Gasteiger charge is -2.37. The van der Waals surface area contributed by atoms with Gasteiger partial charge in [-0.3, -0.25) is 4.90 Å². The minimum absolute atomic E-state index is 0.491. The predicted molar refractivity (Wildman–Crippen MR) is 77.9 cm³/mol. The maximum atomic E-state index is 9.66. The highest BCUT2D eigenvalue weighted by Crippen LogP contribution is 2.13. The van der Waals surface area contributed by atoms with Crippen LogP contribution in [0.4, 0.5) is 0 Å². The van der Waals surface area contributed by atoms with Crippen LogP contribution in [0.1, 0.15) is 53.4 Å². The van der Waals surface area contributed by atoms with Gasteiger partial charge >= 0.3 is 0 Å². The van der Waals surface area contributed by atoms with Gasteiger partial charge in [-0.15, -0.1) is 0 Å². The zero-order valence-corrected chi connectivity index (χ0v) is 12.8. The molecule has 0 bridgehead atoms. The van der Waals surface area contributed by atoms with Crippen molar-refractivity contribution in [2.75, 3.05) is 32.7 Å². The smallest absolute Gasteiger partial charge is 0.0591 e. The number of hydrogen-bond donors (Lipinski definition) is 1. The molecule has 1 rings (SSSR count). The highest BCUT2D eigenvalue weighted by atomic mass is 16.3. The van der Waals surface area contributed by atoms with Crippen LogP contribution < -0.4 is 0 Å². The summed E-state index contributed by atoms with van der Waals surface area (Å²) in [6.45, 7) is 14.5. The Kier molecular flexibility index (Phi) is 6.61. The Morgan fingerprint density at radius 3 is 2.22 bits per heavy atom. The molecule has 1 heterocycles. The van der Waals surface area contributed by atoms with Crippen LogP contribution in [0.15, 0.2) is 0 Å². The van der Waals surface area contributed by atoms with Crippen molar-refractivity contribution in [2.24, 2.45) is 0 Å². The van der Waals surface area contributed by atoms with Crippen molar-refractivity contribution in [1.29, 1.82) is 0 Å². The quantitative estimate of drug-likeness (QED) is 0.708. The van der Waals surface area contributed by atoms with Gasteiger partial charge in [0.2, 0.25) is 0 Å².